The second-order valence-electron chi connectivity index (χ2n) is 16.2. The van der Waals surface area contributed by atoms with Gasteiger partial charge in [0.2, 0.25) is 39.3 Å². The molecule has 324 valence electrons. The van der Waals surface area contributed by atoms with Gasteiger partial charge in [0.25, 0.3) is 0 Å². The number of nitriles is 1. The molecule has 5 aromatic rings. The lowest BCUT2D eigenvalue weighted by Crippen LogP contribution is -2.38. The van der Waals surface area contributed by atoms with E-state index in [4.69, 9.17) is 30.5 Å². The van der Waals surface area contributed by atoms with Gasteiger partial charge in [-0.3, -0.25) is 19.3 Å². The number of hydrogen-bond acceptors (Lipinski definition) is 13. The predicted molar refractivity (Wildman–Crippen MR) is 219 cm³/mol. The average molecular weight is 892 g/mol. The topological polar surface area (TPSA) is 184 Å². The van der Waals surface area contributed by atoms with Crippen LogP contribution in [0, 0.1) is 17.2 Å². The maximum Gasteiger partial charge on any atom is 0.438 e. The fourth-order valence-corrected chi connectivity index (χ4v) is 10.4. The lowest BCUT2D eigenvalue weighted by Gasteiger charge is -2.21. The van der Waals surface area contributed by atoms with Crippen molar-refractivity contribution < 1.29 is 45.4 Å². The number of halogens is 4. The largest absolute Gasteiger partial charge is 0.480 e. The number of fused-ring (bicyclic) bond motifs is 2. The maximum atomic E-state index is 14.5. The summed E-state index contributed by atoms with van der Waals surface area (Å²) >= 11 is 7.13. The van der Waals surface area contributed by atoms with Gasteiger partial charge in [-0.05, 0) is 85.5 Å². The number of β-amino-alcohol motifs (C(OH)–C–C–N with tert-alkyl or cyclic N) is 1. The summed E-state index contributed by atoms with van der Waals surface area (Å²) in [6.45, 7) is 2.17. The van der Waals surface area contributed by atoms with Crippen LogP contribution in [-0.4, -0.2) is 88.8 Å². The second kappa shape index (κ2) is 16.4. The Bertz CT molecular complexity index is 2740. The van der Waals surface area contributed by atoms with Gasteiger partial charge in [0.1, 0.15) is 23.4 Å². The Labute approximate surface area is 359 Å². The zero-order valence-corrected chi connectivity index (χ0v) is 35.0. The van der Waals surface area contributed by atoms with Gasteiger partial charge in [-0.25, -0.2) is 18.4 Å². The summed E-state index contributed by atoms with van der Waals surface area (Å²) in [6.07, 6.45) is -3.25. The fraction of sp³-hybridized carbons (Fsp3) is 0.419. The first-order valence-corrected chi connectivity index (χ1v) is 22.2. The highest BCUT2D eigenvalue weighted by atomic mass is 35.5. The van der Waals surface area contributed by atoms with Gasteiger partial charge >= 0.3 is 6.18 Å². The Hall–Kier alpha value is -5.32. The number of aromatic nitrogens is 3. The van der Waals surface area contributed by atoms with Crippen LogP contribution >= 0.6 is 11.6 Å². The Morgan fingerprint density at radius 3 is 2.45 bits per heavy atom. The van der Waals surface area contributed by atoms with Crippen molar-refractivity contribution in [2.24, 2.45) is 5.92 Å². The third kappa shape index (κ3) is 8.31. The van der Waals surface area contributed by atoms with Crippen LogP contribution in [-0.2, 0) is 40.5 Å². The Morgan fingerprint density at radius 2 is 1.73 bits per heavy atom. The minimum Gasteiger partial charge on any atom is -0.480 e. The fourth-order valence-electron chi connectivity index (χ4n) is 8.69. The van der Waals surface area contributed by atoms with E-state index >= 15 is 0 Å². The number of hydrogen-bond donors (Lipinski definition) is 2. The highest BCUT2D eigenvalue weighted by Gasteiger charge is 2.42. The molecule has 3 fully saturated rings. The molecule has 9 rings (SSSR count). The number of rotatable bonds is 12. The molecule has 14 nitrogen and oxygen atoms in total. The summed E-state index contributed by atoms with van der Waals surface area (Å²) in [7, 11) is -2.33. The first-order valence-electron chi connectivity index (χ1n) is 20.3. The standard InChI is InChI=1S/C43H41ClF3N7O7S/c1-59-41-34(22-54-15-13-26(55)21-54)49-38(43(45,46)47)42(51-41)60-35-11-10-29-28(4-2-5-30(29)35)31-6-3-7-32(36(31)44)40-50-33-17-23(16-25(18-48)37(33)61-40)19-53-14-12-24(20-53)39(56)52-62(57,58)27-8-9-27/h2-7,16-17,24,26-27,35,55H,8-15,19-22H2,1H3,(H,52,56)/t24-,26-,35-/m1/s1. The Balaban J connectivity index is 0.954. The molecule has 2 aliphatic carbocycles. The van der Waals surface area contributed by atoms with Gasteiger partial charge < -0.3 is 19.0 Å². The van der Waals surface area contributed by atoms with Gasteiger partial charge in [0, 0.05) is 38.3 Å². The third-order valence-corrected chi connectivity index (χ3v) is 14.1. The Kier molecular flexibility index (Phi) is 11.1. The van der Waals surface area contributed by atoms with E-state index in [9.17, 15) is 36.8 Å². The number of nitrogens with zero attached hydrogens (tertiary/aromatic N) is 6. The lowest BCUT2D eigenvalue weighted by molar-refractivity contribution is -0.143. The van der Waals surface area contributed by atoms with Crippen molar-refractivity contribution in [2.45, 2.75) is 75.2 Å². The average Bonchev–Trinajstić information content (AvgIpc) is 3.48. The molecular weight excluding hydrogens is 851 g/mol. The van der Waals surface area contributed by atoms with Crippen molar-refractivity contribution in [1.82, 2.24) is 29.5 Å². The monoisotopic (exact) mass is 891 g/mol. The molecule has 0 spiro atoms. The molecule has 2 aromatic heterocycles. The molecule has 3 aromatic carbocycles. The van der Waals surface area contributed by atoms with Gasteiger partial charge in [0.15, 0.2) is 5.58 Å². The Morgan fingerprint density at radius 1 is 0.984 bits per heavy atom. The molecule has 1 saturated carbocycles. The van der Waals surface area contributed by atoms with Crippen LogP contribution in [0.25, 0.3) is 33.7 Å². The quantitative estimate of drug-likeness (QED) is 0.137. The number of ether oxygens (including phenoxy) is 2. The van der Waals surface area contributed by atoms with E-state index in [1.165, 1.54) is 7.11 Å². The van der Waals surface area contributed by atoms with E-state index in [0.29, 0.717) is 98.5 Å². The second-order valence-corrected chi connectivity index (χ2v) is 18.6. The van der Waals surface area contributed by atoms with Gasteiger partial charge in [-0.2, -0.15) is 23.4 Å². The highest BCUT2D eigenvalue weighted by Crippen LogP contribution is 2.46. The highest BCUT2D eigenvalue weighted by molar-refractivity contribution is 7.90. The lowest BCUT2D eigenvalue weighted by atomic mass is 9.95. The van der Waals surface area contributed by atoms with E-state index in [2.05, 4.69) is 20.8 Å². The van der Waals surface area contributed by atoms with Crippen LogP contribution in [0.1, 0.15) is 71.8 Å². The van der Waals surface area contributed by atoms with Gasteiger partial charge in [-0.1, -0.05) is 41.9 Å². The van der Waals surface area contributed by atoms with Crippen LogP contribution in [0.2, 0.25) is 5.02 Å². The first-order chi connectivity index (χ1) is 29.7. The number of oxazole rings is 1. The van der Waals surface area contributed by atoms with Crippen molar-refractivity contribution in [3.63, 3.8) is 0 Å². The third-order valence-electron chi connectivity index (χ3n) is 11.9. The molecule has 3 atom stereocenters. The molecule has 4 aliphatic rings. The smallest absolute Gasteiger partial charge is 0.438 e. The van der Waals surface area contributed by atoms with E-state index in [1.807, 2.05) is 23.1 Å². The number of alkyl halides is 3. The molecule has 2 saturated heterocycles. The van der Waals surface area contributed by atoms with Crippen molar-refractivity contribution >= 4 is 38.6 Å². The first kappa shape index (κ1) is 42.0. The molecule has 1 amide bonds. The molecule has 2 N–H and O–H groups in total. The zero-order chi connectivity index (χ0) is 43.5. The number of benzene rings is 3. The van der Waals surface area contributed by atoms with E-state index < -0.39 is 57.1 Å². The molecule has 2 aliphatic heterocycles. The van der Waals surface area contributed by atoms with E-state index in [0.717, 1.165) is 16.7 Å². The molecular formula is C43H41ClF3N7O7S. The zero-order valence-electron chi connectivity index (χ0n) is 33.4. The molecule has 0 radical (unpaired) electrons. The predicted octanol–water partition coefficient (Wildman–Crippen LogP) is 6.57. The molecule has 0 unspecified atom stereocenters. The minimum absolute atomic E-state index is 0.00267. The number of sulfonamides is 1. The van der Waals surface area contributed by atoms with Crippen molar-refractivity contribution in [1.29, 1.82) is 5.26 Å². The number of likely N-dealkylation sites (tertiary alicyclic amines) is 2. The number of nitrogens with one attached hydrogen (secondary N) is 1. The molecule has 0 bridgehead atoms. The number of carbonyl (C=O) groups is 1. The minimum atomic E-state index is -4.87. The van der Waals surface area contributed by atoms with Gasteiger partial charge in [-0.15, -0.1) is 0 Å². The van der Waals surface area contributed by atoms with Crippen molar-refractivity contribution in [3.05, 3.63) is 87.2 Å². The summed E-state index contributed by atoms with van der Waals surface area (Å²) in [5.41, 5.74) is 3.84. The summed E-state index contributed by atoms with van der Waals surface area (Å²) in [5.74, 6) is -1.56. The number of aliphatic hydroxyl groups is 1. The number of methoxy groups -OCH3 is 1. The number of carbonyl (C=O) groups excluding carboxylic acids is 1. The molecule has 62 heavy (non-hydrogen) atoms. The molecule has 19 heteroatoms. The number of aliphatic hydroxyl groups excluding tert-OH is 1. The van der Waals surface area contributed by atoms with Crippen LogP contribution < -0.4 is 14.2 Å². The summed E-state index contributed by atoms with van der Waals surface area (Å²) in [5, 5.41) is 19.9. The summed E-state index contributed by atoms with van der Waals surface area (Å²) in [6, 6.07) is 16.6. The van der Waals surface area contributed by atoms with Crippen LogP contribution in [0.15, 0.2) is 52.9 Å². The van der Waals surface area contributed by atoms with Crippen molar-refractivity contribution in [3.8, 4) is 40.4 Å². The summed E-state index contributed by atoms with van der Waals surface area (Å²) in [4.78, 5) is 29.4. The summed E-state index contributed by atoms with van der Waals surface area (Å²) < 4.78 is 87.9. The van der Waals surface area contributed by atoms with Gasteiger partial charge in [0.05, 0.1) is 40.5 Å². The van der Waals surface area contributed by atoms with E-state index in [1.54, 1.807) is 35.2 Å². The van der Waals surface area contributed by atoms with Crippen molar-refractivity contribution in [2.75, 3.05) is 33.3 Å². The number of amides is 1. The maximum absolute atomic E-state index is 14.5. The van der Waals surface area contributed by atoms with E-state index in [-0.39, 0.29) is 35.2 Å². The SMILES string of the molecule is COc1nc(O[C@@H]2CCc3c(-c4cccc(-c5nc6cc(CN7CC[C@@H](C(=O)NS(=O)(=O)C8CC8)C7)cc(C#N)c6o5)c4Cl)cccc32)c(C(F)(F)F)nc1CN1CC[C@@H](O)C1. The van der Waals surface area contributed by atoms with Crippen LogP contribution in [0.5, 0.6) is 11.8 Å². The normalized spacial score (nSPS) is 20.7. The van der Waals surface area contributed by atoms with Crippen LogP contribution in [0.3, 0.4) is 0 Å². The molecule has 4 heterocycles. The van der Waals surface area contributed by atoms with Crippen LogP contribution in [0.4, 0.5) is 13.2 Å².